The van der Waals surface area contributed by atoms with Crippen molar-refractivity contribution in [1.29, 1.82) is 0 Å². The minimum Gasteiger partial charge on any atom is -0.346 e. The Kier molecular flexibility index (Phi) is 3.90. The predicted molar refractivity (Wildman–Crippen MR) is 85.2 cm³/mol. The topological polar surface area (TPSA) is 36.9 Å². The number of fused-ring (bicyclic) bond motifs is 2. The van der Waals surface area contributed by atoms with E-state index >= 15 is 0 Å². The number of alkyl halides is 1. The van der Waals surface area contributed by atoms with Gasteiger partial charge in [-0.3, -0.25) is 0 Å². The van der Waals surface area contributed by atoms with Gasteiger partial charge in [-0.05, 0) is 50.4 Å². The minimum atomic E-state index is -0.656. The first-order chi connectivity index (χ1) is 10.5. The van der Waals surface area contributed by atoms with E-state index in [4.69, 9.17) is 19.2 Å². The number of ether oxygens (including phenoxy) is 2. The Bertz CT molecular complexity index is 446. The molecule has 5 fully saturated rings. The molecule has 4 saturated heterocycles. The quantitative estimate of drug-likeness (QED) is 0.540. The molecule has 0 aromatic carbocycles. The summed E-state index contributed by atoms with van der Waals surface area (Å²) in [6.07, 6.45) is 5.41. The van der Waals surface area contributed by atoms with Gasteiger partial charge in [-0.25, -0.2) is 9.78 Å². The molecule has 5 rings (SSSR count). The van der Waals surface area contributed by atoms with Gasteiger partial charge in [-0.2, -0.15) is 0 Å². The molecular formula is C17H27BrO4. The summed E-state index contributed by atoms with van der Waals surface area (Å²) in [7, 11) is 0. The molecule has 1 saturated carbocycles. The van der Waals surface area contributed by atoms with Crippen molar-refractivity contribution >= 4 is 15.9 Å². The monoisotopic (exact) mass is 374 g/mol. The second-order valence-electron chi connectivity index (χ2n) is 7.92. The van der Waals surface area contributed by atoms with E-state index in [2.05, 4.69) is 29.8 Å². The average Bonchev–Trinajstić information content (AvgIpc) is 2.71. The Morgan fingerprint density at radius 2 is 1.91 bits per heavy atom. The molecule has 0 aromatic heterocycles. The molecule has 4 nitrogen and oxygen atoms in total. The van der Waals surface area contributed by atoms with E-state index in [0.717, 1.165) is 24.6 Å². The van der Waals surface area contributed by atoms with E-state index in [0.29, 0.717) is 23.7 Å². The van der Waals surface area contributed by atoms with Crippen LogP contribution in [0.2, 0.25) is 0 Å². The molecule has 8 atom stereocenters. The summed E-state index contributed by atoms with van der Waals surface area (Å²) in [5.41, 5.74) is -0.407. The van der Waals surface area contributed by atoms with Crippen LogP contribution >= 0.6 is 15.9 Å². The average molecular weight is 375 g/mol. The summed E-state index contributed by atoms with van der Waals surface area (Å²) in [4.78, 5) is 11.9. The van der Waals surface area contributed by atoms with Crippen molar-refractivity contribution in [3.63, 3.8) is 0 Å². The molecule has 5 aliphatic rings. The molecule has 1 aliphatic carbocycles. The van der Waals surface area contributed by atoms with Crippen LogP contribution in [0.5, 0.6) is 0 Å². The molecule has 0 aromatic rings. The number of rotatable bonds is 2. The highest BCUT2D eigenvalue weighted by Crippen LogP contribution is 2.60. The molecule has 22 heavy (non-hydrogen) atoms. The third kappa shape index (κ3) is 2.08. The molecule has 1 spiro atoms. The molecular weight excluding hydrogens is 348 g/mol. The van der Waals surface area contributed by atoms with Gasteiger partial charge in [0.15, 0.2) is 11.9 Å². The van der Waals surface area contributed by atoms with Gasteiger partial charge in [0.05, 0.1) is 6.10 Å². The number of hydrogen-bond acceptors (Lipinski definition) is 4. The van der Waals surface area contributed by atoms with Crippen LogP contribution < -0.4 is 0 Å². The lowest BCUT2D eigenvalue weighted by molar-refractivity contribution is -0.571. The van der Waals surface area contributed by atoms with Crippen LogP contribution in [0.15, 0.2) is 0 Å². The summed E-state index contributed by atoms with van der Waals surface area (Å²) in [5, 5.41) is 0.961. The summed E-state index contributed by atoms with van der Waals surface area (Å²) < 4.78 is 12.8. The van der Waals surface area contributed by atoms with Crippen molar-refractivity contribution in [1.82, 2.24) is 0 Å². The second-order valence-corrected chi connectivity index (χ2v) is 8.71. The highest BCUT2D eigenvalue weighted by atomic mass is 79.9. The Labute approximate surface area is 141 Å². The lowest BCUT2D eigenvalue weighted by Crippen LogP contribution is -2.70. The Morgan fingerprint density at radius 1 is 1.09 bits per heavy atom. The van der Waals surface area contributed by atoms with Gasteiger partial charge in [-0.15, -0.1) is 0 Å². The van der Waals surface area contributed by atoms with Crippen molar-refractivity contribution in [2.24, 2.45) is 23.7 Å². The van der Waals surface area contributed by atoms with Crippen molar-refractivity contribution in [2.75, 3.05) is 5.33 Å². The van der Waals surface area contributed by atoms with Crippen molar-refractivity contribution in [2.45, 2.75) is 76.7 Å². The van der Waals surface area contributed by atoms with Gasteiger partial charge in [0.25, 0.3) is 0 Å². The SMILES string of the molecule is C[C@H]1[C@@H](CCBr)O[C@@H]2O[C@]3(C)CC[C@H]4[C@H](C)CC[C@@H]1[C@@]24OO3. The largest absolute Gasteiger partial charge is 0.346 e. The maximum absolute atomic E-state index is 6.44. The molecule has 0 radical (unpaired) electrons. The summed E-state index contributed by atoms with van der Waals surface area (Å²) >= 11 is 3.57. The maximum atomic E-state index is 6.44. The van der Waals surface area contributed by atoms with E-state index in [9.17, 15) is 0 Å². The first kappa shape index (κ1) is 15.8. The van der Waals surface area contributed by atoms with Gasteiger partial charge < -0.3 is 9.47 Å². The molecule has 0 unspecified atom stereocenters. The fourth-order valence-electron chi connectivity index (χ4n) is 5.42. The zero-order valence-electron chi connectivity index (χ0n) is 13.7. The highest BCUT2D eigenvalue weighted by molar-refractivity contribution is 9.09. The van der Waals surface area contributed by atoms with Gasteiger partial charge >= 0.3 is 0 Å². The Morgan fingerprint density at radius 3 is 2.68 bits per heavy atom. The van der Waals surface area contributed by atoms with Crippen LogP contribution in [0, 0.1) is 23.7 Å². The number of hydrogen-bond donors (Lipinski definition) is 0. The van der Waals surface area contributed by atoms with Crippen LogP contribution in [-0.4, -0.2) is 29.1 Å². The maximum Gasteiger partial charge on any atom is 0.201 e. The van der Waals surface area contributed by atoms with E-state index in [1.165, 1.54) is 12.8 Å². The van der Waals surface area contributed by atoms with Gasteiger partial charge in [-0.1, -0.05) is 29.8 Å². The third-order valence-corrected chi connectivity index (χ3v) is 7.15. The zero-order valence-corrected chi connectivity index (χ0v) is 15.3. The highest BCUT2D eigenvalue weighted by Gasteiger charge is 2.69. The Hall–Kier alpha value is 0.320. The third-order valence-electron chi connectivity index (χ3n) is 6.69. The summed E-state index contributed by atoms with van der Waals surface area (Å²) in [6, 6.07) is 0. The molecule has 0 N–H and O–H groups in total. The normalized spacial score (nSPS) is 57.3. The first-order valence-electron chi connectivity index (χ1n) is 8.76. The molecule has 5 heteroatoms. The molecule has 126 valence electrons. The Balaban J connectivity index is 1.75. The molecule has 2 bridgehead atoms. The second kappa shape index (κ2) is 5.41. The number of halogens is 1. The van der Waals surface area contributed by atoms with E-state index in [1.807, 2.05) is 6.92 Å². The predicted octanol–water partition coefficient (Wildman–Crippen LogP) is 4.02. The van der Waals surface area contributed by atoms with Crippen LogP contribution in [-0.2, 0) is 19.2 Å². The molecule has 4 aliphatic heterocycles. The molecule has 4 heterocycles. The van der Waals surface area contributed by atoms with Gasteiger partial charge in [0, 0.05) is 17.7 Å². The lowest BCUT2D eigenvalue weighted by atomic mass is 9.57. The van der Waals surface area contributed by atoms with Crippen LogP contribution in [0.1, 0.15) is 52.9 Å². The van der Waals surface area contributed by atoms with Crippen LogP contribution in [0.25, 0.3) is 0 Å². The standard InChI is InChI=1S/C17H27BrO4/c1-10-4-5-13-11(2)14(7-9-18)19-15-17(13)12(10)6-8-16(3,20-15)21-22-17/h10-15H,4-9H2,1-3H3/t10-,11-,12+,13+,14-,15-,16+,17-/m1/s1. The van der Waals surface area contributed by atoms with E-state index in [-0.39, 0.29) is 12.4 Å². The van der Waals surface area contributed by atoms with Crippen molar-refractivity contribution < 1.29 is 19.2 Å². The minimum absolute atomic E-state index is 0.237. The fourth-order valence-corrected chi connectivity index (χ4v) is 5.87. The van der Waals surface area contributed by atoms with Gasteiger partial charge in [0.1, 0.15) is 0 Å². The van der Waals surface area contributed by atoms with Crippen LogP contribution in [0.4, 0.5) is 0 Å². The smallest absolute Gasteiger partial charge is 0.201 e. The fraction of sp³-hybridized carbons (Fsp3) is 1.00. The van der Waals surface area contributed by atoms with E-state index < -0.39 is 11.4 Å². The van der Waals surface area contributed by atoms with Gasteiger partial charge in [0.2, 0.25) is 5.79 Å². The zero-order chi connectivity index (χ0) is 15.5. The summed E-state index contributed by atoms with van der Waals surface area (Å²) in [5.74, 6) is 1.37. The van der Waals surface area contributed by atoms with Crippen molar-refractivity contribution in [3.05, 3.63) is 0 Å². The summed E-state index contributed by atoms with van der Waals surface area (Å²) in [6.45, 7) is 6.65. The van der Waals surface area contributed by atoms with Crippen molar-refractivity contribution in [3.8, 4) is 0 Å². The van der Waals surface area contributed by atoms with E-state index in [1.54, 1.807) is 0 Å². The molecule has 0 amide bonds. The van der Waals surface area contributed by atoms with Crippen LogP contribution in [0.3, 0.4) is 0 Å². The lowest BCUT2D eigenvalue weighted by Gasteiger charge is -2.60. The first-order valence-corrected chi connectivity index (χ1v) is 9.88.